The third kappa shape index (κ3) is 6.37. The Bertz CT molecular complexity index is 896. The van der Waals surface area contributed by atoms with Gasteiger partial charge >= 0.3 is 5.69 Å². The van der Waals surface area contributed by atoms with Crippen LogP contribution in [0.15, 0.2) is 21.1 Å². The van der Waals surface area contributed by atoms with Crippen molar-refractivity contribution in [3.8, 4) is 0 Å². The van der Waals surface area contributed by atoms with Gasteiger partial charge in [-0.2, -0.15) is 4.91 Å². The lowest BCUT2D eigenvalue weighted by molar-refractivity contribution is 0.509. The maximum Gasteiger partial charge on any atom is 0.332 e. The lowest BCUT2D eigenvalue weighted by Gasteiger charge is -2.08. The fraction of sp³-hybridized carbons (Fsp3) is 0.762. The van der Waals surface area contributed by atoms with E-state index in [4.69, 9.17) is 0 Å². The van der Waals surface area contributed by atoms with Gasteiger partial charge in [0.2, 0.25) is 0 Å². The molecule has 0 fully saturated rings. The van der Waals surface area contributed by atoms with Crippen molar-refractivity contribution in [1.29, 1.82) is 0 Å². The summed E-state index contributed by atoms with van der Waals surface area (Å²) in [7, 11) is 3.43. The summed E-state index contributed by atoms with van der Waals surface area (Å²) in [6.07, 6.45) is 13.9. The number of imidazole rings is 1. The largest absolute Gasteiger partial charge is 0.332 e. The molecule has 0 radical (unpaired) electrons. The summed E-state index contributed by atoms with van der Waals surface area (Å²) in [6, 6.07) is -0.0443. The smallest absolute Gasteiger partial charge is 0.328 e. The van der Waals surface area contributed by atoms with Crippen molar-refractivity contribution in [2.45, 2.75) is 90.1 Å². The van der Waals surface area contributed by atoms with Gasteiger partial charge in [0.05, 0.1) is 12.4 Å². The molecule has 0 aromatic carbocycles. The van der Waals surface area contributed by atoms with Crippen molar-refractivity contribution < 1.29 is 0 Å². The Morgan fingerprint density at radius 1 is 0.931 bits per heavy atom. The Balaban J connectivity index is 1.62. The molecule has 29 heavy (non-hydrogen) atoms. The quantitative estimate of drug-likeness (QED) is 0.352. The first kappa shape index (κ1) is 23.0. The minimum absolute atomic E-state index is 0.0443. The normalized spacial score (nSPS) is 12.5. The summed E-state index contributed by atoms with van der Waals surface area (Å²) in [5.74, 6) is 0. The van der Waals surface area contributed by atoms with Crippen molar-refractivity contribution in [2.75, 3.05) is 0 Å². The van der Waals surface area contributed by atoms with Crippen LogP contribution in [0.25, 0.3) is 11.2 Å². The number of hydrogen-bond acceptors (Lipinski definition) is 5. The van der Waals surface area contributed by atoms with Gasteiger partial charge in [0.1, 0.15) is 0 Å². The van der Waals surface area contributed by atoms with Crippen LogP contribution in [0.4, 0.5) is 0 Å². The predicted molar refractivity (Wildman–Crippen MR) is 116 cm³/mol. The monoisotopic (exact) mass is 405 g/mol. The Morgan fingerprint density at radius 3 is 2.07 bits per heavy atom. The molecule has 0 amide bonds. The Labute approximate surface area is 171 Å². The van der Waals surface area contributed by atoms with Crippen molar-refractivity contribution in [3.05, 3.63) is 32.1 Å². The fourth-order valence-electron chi connectivity index (χ4n) is 3.77. The van der Waals surface area contributed by atoms with Crippen LogP contribution in [0.5, 0.6) is 0 Å². The summed E-state index contributed by atoms with van der Waals surface area (Å²) in [5.41, 5.74) is 0.374. The molecule has 2 aromatic heterocycles. The zero-order valence-corrected chi connectivity index (χ0v) is 18.1. The average molecular weight is 406 g/mol. The van der Waals surface area contributed by atoms with E-state index in [-0.39, 0.29) is 17.3 Å². The first-order valence-electron chi connectivity index (χ1n) is 10.9. The molecular formula is C21H35N5O3. The predicted octanol–water partition coefficient (Wildman–Crippen LogP) is 3.88. The van der Waals surface area contributed by atoms with Gasteiger partial charge in [0.15, 0.2) is 11.2 Å². The van der Waals surface area contributed by atoms with E-state index >= 15 is 0 Å². The minimum Gasteiger partial charge on any atom is -0.328 e. The number of unbranched alkanes of at least 4 members (excludes halogenated alkanes) is 9. The first-order chi connectivity index (χ1) is 14.0. The van der Waals surface area contributed by atoms with E-state index in [0.717, 1.165) is 32.1 Å². The number of nitrogens with zero attached hydrogens (tertiary/aromatic N) is 5. The molecule has 1 unspecified atom stereocenters. The standard InChI is InChI=1S/C21H35N5O3/c1-17(23-29)14-12-10-8-6-4-5-7-9-11-13-15-26-20(27)18-19(22-16-24(18)2)25(3)21(26)28/h16-17H,4-15H2,1-3H3. The van der Waals surface area contributed by atoms with Crippen LogP contribution in [-0.4, -0.2) is 24.7 Å². The second-order valence-electron chi connectivity index (χ2n) is 8.10. The number of aryl methyl sites for hydroxylation is 2. The molecule has 0 bridgehead atoms. The Morgan fingerprint density at radius 2 is 1.48 bits per heavy atom. The van der Waals surface area contributed by atoms with Gasteiger partial charge in [-0.25, -0.2) is 9.78 Å². The van der Waals surface area contributed by atoms with Gasteiger partial charge in [-0.1, -0.05) is 63.0 Å². The maximum absolute atomic E-state index is 12.6. The molecule has 0 N–H and O–H groups in total. The fourth-order valence-corrected chi connectivity index (χ4v) is 3.77. The number of rotatable bonds is 14. The molecular weight excluding hydrogens is 370 g/mol. The number of fused-ring (bicyclic) bond motifs is 1. The summed E-state index contributed by atoms with van der Waals surface area (Å²) in [5, 5.41) is 3.03. The minimum atomic E-state index is -0.292. The van der Waals surface area contributed by atoms with Crippen molar-refractivity contribution in [1.82, 2.24) is 18.7 Å². The van der Waals surface area contributed by atoms with Crippen molar-refractivity contribution in [2.24, 2.45) is 19.3 Å². The molecule has 1 atom stereocenters. The molecule has 0 saturated heterocycles. The Kier molecular flexibility index (Phi) is 9.28. The topological polar surface area (TPSA) is 91.2 Å². The summed E-state index contributed by atoms with van der Waals surface area (Å²) < 4.78 is 4.46. The zero-order valence-electron chi connectivity index (χ0n) is 18.1. The third-order valence-electron chi connectivity index (χ3n) is 5.63. The molecule has 2 aromatic rings. The van der Waals surface area contributed by atoms with Crippen LogP contribution in [-0.2, 0) is 20.6 Å². The molecule has 0 aliphatic rings. The average Bonchev–Trinajstić information content (AvgIpc) is 3.10. The van der Waals surface area contributed by atoms with Gasteiger partial charge in [-0.15, -0.1) is 0 Å². The molecule has 2 rings (SSSR count). The van der Waals surface area contributed by atoms with E-state index in [1.807, 2.05) is 6.92 Å². The van der Waals surface area contributed by atoms with E-state index in [1.54, 1.807) is 25.0 Å². The highest BCUT2D eigenvalue weighted by molar-refractivity contribution is 5.69. The number of hydrogen-bond donors (Lipinski definition) is 0. The van der Waals surface area contributed by atoms with E-state index in [9.17, 15) is 14.5 Å². The lowest BCUT2D eigenvalue weighted by Crippen LogP contribution is -2.39. The van der Waals surface area contributed by atoms with Crippen LogP contribution < -0.4 is 11.2 Å². The molecule has 0 spiro atoms. The molecule has 162 valence electrons. The van der Waals surface area contributed by atoms with Crippen molar-refractivity contribution in [3.63, 3.8) is 0 Å². The highest BCUT2D eigenvalue weighted by Gasteiger charge is 2.14. The van der Waals surface area contributed by atoms with Gasteiger partial charge in [0.25, 0.3) is 5.56 Å². The van der Waals surface area contributed by atoms with Crippen LogP contribution >= 0.6 is 0 Å². The first-order valence-corrected chi connectivity index (χ1v) is 10.9. The summed E-state index contributed by atoms with van der Waals surface area (Å²) >= 11 is 0. The van der Waals surface area contributed by atoms with Crippen LogP contribution in [0.3, 0.4) is 0 Å². The summed E-state index contributed by atoms with van der Waals surface area (Å²) in [4.78, 5) is 39.5. The van der Waals surface area contributed by atoms with Crippen LogP contribution in [0.1, 0.15) is 77.6 Å². The second kappa shape index (κ2) is 11.7. The van der Waals surface area contributed by atoms with E-state index in [1.165, 1.54) is 47.7 Å². The third-order valence-corrected chi connectivity index (χ3v) is 5.63. The Hall–Kier alpha value is -2.25. The molecule has 0 aliphatic heterocycles. The number of nitroso groups, excluding NO2 is 1. The molecule has 8 heteroatoms. The van der Waals surface area contributed by atoms with Crippen LogP contribution in [0, 0.1) is 4.91 Å². The zero-order chi connectivity index (χ0) is 21.2. The second-order valence-corrected chi connectivity index (χ2v) is 8.10. The summed E-state index contributed by atoms with van der Waals surface area (Å²) in [6.45, 7) is 2.33. The van der Waals surface area contributed by atoms with Crippen LogP contribution in [0.2, 0.25) is 0 Å². The highest BCUT2D eigenvalue weighted by atomic mass is 16.3. The molecule has 2 heterocycles. The molecule has 0 aliphatic carbocycles. The number of aromatic nitrogens is 4. The van der Waals surface area contributed by atoms with Gasteiger partial charge in [0, 0.05) is 20.6 Å². The highest BCUT2D eigenvalue weighted by Crippen LogP contribution is 2.13. The SMILES string of the molecule is CC(CCCCCCCCCCCCn1c(=O)c2c(ncn2C)n(C)c1=O)N=O. The van der Waals surface area contributed by atoms with Gasteiger partial charge in [-0.05, 0) is 19.8 Å². The maximum atomic E-state index is 12.6. The lowest BCUT2D eigenvalue weighted by atomic mass is 10.0. The molecule has 8 nitrogen and oxygen atoms in total. The van der Waals surface area contributed by atoms with Gasteiger partial charge in [-0.3, -0.25) is 13.9 Å². The van der Waals surface area contributed by atoms with E-state index in [2.05, 4.69) is 10.2 Å². The van der Waals surface area contributed by atoms with E-state index < -0.39 is 0 Å². The van der Waals surface area contributed by atoms with E-state index in [0.29, 0.717) is 17.7 Å². The van der Waals surface area contributed by atoms with Crippen molar-refractivity contribution >= 4 is 11.2 Å². The molecule has 0 saturated carbocycles. The van der Waals surface area contributed by atoms with Gasteiger partial charge < -0.3 is 4.57 Å².